The maximum absolute atomic E-state index is 11.9. The van der Waals surface area contributed by atoms with Crippen LogP contribution in [0.15, 0.2) is 6.07 Å². The minimum absolute atomic E-state index is 0.0106. The van der Waals surface area contributed by atoms with Crippen molar-refractivity contribution in [3.05, 3.63) is 21.4 Å². The zero-order valence-corrected chi connectivity index (χ0v) is 13.7. The van der Waals surface area contributed by atoms with E-state index in [-0.39, 0.29) is 30.6 Å². The molecule has 1 heterocycles. The first kappa shape index (κ1) is 17.7. The summed E-state index contributed by atoms with van der Waals surface area (Å²) < 4.78 is 22.7. The minimum Gasteiger partial charge on any atom is -0.395 e. The molecule has 116 valence electrons. The number of aryl methyl sites for hydroxylation is 1. The summed E-state index contributed by atoms with van der Waals surface area (Å²) in [5, 5.41) is 11.3. The molecule has 0 aromatic carbocycles. The Balaban J connectivity index is 2.64. The van der Waals surface area contributed by atoms with Crippen molar-refractivity contribution >= 4 is 27.1 Å². The fraction of sp³-hybridized carbons (Fsp3) is 0.500. The van der Waals surface area contributed by atoms with Gasteiger partial charge in [-0.15, -0.1) is 11.3 Å². The Morgan fingerprint density at radius 1 is 1.48 bits per heavy atom. The zero-order valence-electron chi connectivity index (χ0n) is 12.1. The summed E-state index contributed by atoms with van der Waals surface area (Å²) in [5.41, 5.74) is 0.900. The molecule has 7 heteroatoms. The van der Waals surface area contributed by atoms with E-state index in [2.05, 4.69) is 17.2 Å². The van der Waals surface area contributed by atoms with Crippen LogP contribution in [0.1, 0.15) is 33.5 Å². The van der Waals surface area contributed by atoms with E-state index in [4.69, 9.17) is 5.11 Å². The topological polar surface area (TPSA) is 83.5 Å². The van der Waals surface area contributed by atoms with Crippen molar-refractivity contribution < 1.29 is 18.3 Å². The number of rotatable bonds is 6. The van der Waals surface area contributed by atoms with Crippen molar-refractivity contribution in [3.8, 4) is 11.8 Å². The fourth-order valence-electron chi connectivity index (χ4n) is 1.47. The molecule has 1 amide bonds. The van der Waals surface area contributed by atoms with Gasteiger partial charge in [0.25, 0.3) is 5.91 Å². The van der Waals surface area contributed by atoms with Crippen molar-refractivity contribution in [2.24, 2.45) is 0 Å². The molecular formula is C14H19NO4S2. The van der Waals surface area contributed by atoms with Crippen LogP contribution in [0.3, 0.4) is 0 Å². The number of amides is 1. The van der Waals surface area contributed by atoms with Gasteiger partial charge in [-0.1, -0.05) is 18.8 Å². The predicted molar refractivity (Wildman–Crippen MR) is 84.3 cm³/mol. The summed E-state index contributed by atoms with van der Waals surface area (Å²) in [5.74, 6) is 5.46. The van der Waals surface area contributed by atoms with E-state index in [1.807, 2.05) is 6.92 Å². The normalized spacial score (nSPS) is 10.8. The minimum atomic E-state index is -3.07. The number of hydrogen-bond acceptors (Lipinski definition) is 5. The van der Waals surface area contributed by atoms with Gasteiger partial charge in [0.2, 0.25) is 0 Å². The zero-order chi connectivity index (χ0) is 15.9. The first-order valence-electron chi connectivity index (χ1n) is 6.58. The van der Waals surface area contributed by atoms with Crippen molar-refractivity contribution in [1.29, 1.82) is 0 Å². The Hall–Kier alpha value is -1.36. The second kappa shape index (κ2) is 8.17. The van der Waals surface area contributed by atoms with E-state index in [9.17, 15) is 13.2 Å². The van der Waals surface area contributed by atoms with Gasteiger partial charge < -0.3 is 10.4 Å². The van der Waals surface area contributed by atoms with Crippen LogP contribution in [0.4, 0.5) is 0 Å². The van der Waals surface area contributed by atoms with Crippen LogP contribution in [0.2, 0.25) is 0 Å². The van der Waals surface area contributed by atoms with Crippen LogP contribution in [0.5, 0.6) is 0 Å². The summed E-state index contributed by atoms with van der Waals surface area (Å²) in [6, 6.07) is 1.73. The van der Waals surface area contributed by atoms with Crippen molar-refractivity contribution in [1.82, 2.24) is 5.32 Å². The van der Waals surface area contributed by atoms with Gasteiger partial charge in [0.05, 0.1) is 22.1 Å². The standard InChI is InChI=1S/C14H19NO4S2/c1-3-21(18,19)9-7-15-14(17)13-10-11(2)12(20-13)6-4-5-8-16/h10,16H,3,5,7-9H2,1-2H3,(H,15,17). The lowest BCUT2D eigenvalue weighted by atomic mass is 10.2. The molecule has 0 atom stereocenters. The van der Waals surface area contributed by atoms with E-state index >= 15 is 0 Å². The van der Waals surface area contributed by atoms with E-state index in [0.29, 0.717) is 11.3 Å². The fourth-order valence-corrected chi connectivity index (χ4v) is 3.13. The second-order valence-electron chi connectivity index (χ2n) is 4.39. The molecule has 0 aliphatic heterocycles. The second-order valence-corrected chi connectivity index (χ2v) is 7.92. The van der Waals surface area contributed by atoms with E-state index in [1.54, 1.807) is 13.0 Å². The first-order valence-corrected chi connectivity index (χ1v) is 9.22. The number of thiophene rings is 1. The third-order valence-electron chi connectivity index (χ3n) is 2.72. The molecule has 0 saturated heterocycles. The van der Waals surface area contributed by atoms with Gasteiger partial charge in [-0.05, 0) is 18.6 Å². The van der Waals surface area contributed by atoms with Gasteiger partial charge in [-0.2, -0.15) is 0 Å². The number of aliphatic hydroxyl groups is 1. The Morgan fingerprint density at radius 3 is 2.81 bits per heavy atom. The Labute approximate surface area is 129 Å². The van der Waals surface area contributed by atoms with Crippen LogP contribution < -0.4 is 5.32 Å². The number of carbonyl (C=O) groups excluding carboxylic acids is 1. The maximum Gasteiger partial charge on any atom is 0.261 e. The molecule has 21 heavy (non-hydrogen) atoms. The highest BCUT2D eigenvalue weighted by molar-refractivity contribution is 7.91. The van der Waals surface area contributed by atoms with Gasteiger partial charge in [-0.3, -0.25) is 4.79 Å². The van der Waals surface area contributed by atoms with Gasteiger partial charge in [0.15, 0.2) is 9.84 Å². The Kier molecular flexibility index (Phi) is 6.89. The largest absolute Gasteiger partial charge is 0.395 e. The van der Waals surface area contributed by atoms with Crippen molar-refractivity contribution in [2.45, 2.75) is 20.3 Å². The third-order valence-corrected chi connectivity index (χ3v) is 5.58. The molecule has 1 rings (SSSR count). The molecule has 0 aliphatic rings. The molecule has 0 spiro atoms. The lowest BCUT2D eigenvalue weighted by Crippen LogP contribution is -2.29. The molecule has 0 unspecified atom stereocenters. The van der Waals surface area contributed by atoms with Crippen LogP contribution in [0, 0.1) is 18.8 Å². The molecule has 1 aromatic heterocycles. The van der Waals surface area contributed by atoms with Gasteiger partial charge in [0, 0.05) is 18.7 Å². The van der Waals surface area contributed by atoms with Crippen LogP contribution >= 0.6 is 11.3 Å². The van der Waals surface area contributed by atoms with Gasteiger partial charge in [0.1, 0.15) is 0 Å². The molecule has 0 saturated carbocycles. The summed E-state index contributed by atoms with van der Waals surface area (Å²) in [6.45, 7) is 3.56. The Morgan fingerprint density at radius 2 is 2.19 bits per heavy atom. The van der Waals surface area contributed by atoms with Crippen molar-refractivity contribution in [3.63, 3.8) is 0 Å². The molecule has 1 aromatic rings. The SMILES string of the molecule is CCS(=O)(=O)CCNC(=O)c1cc(C)c(C#CCCO)s1. The molecule has 0 fully saturated rings. The van der Waals surface area contributed by atoms with Crippen LogP contribution in [-0.2, 0) is 9.84 Å². The third kappa shape index (κ3) is 5.87. The van der Waals surface area contributed by atoms with Crippen molar-refractivity contribution in [2.75, 3.05) is 24.7 Å². The van der Waals surface area contributed by atoms with E-state index in [1.165, 1.54) is 11.3 Å². The average Bonchev–Trinajstić information content (AvgIpc) is 2.80. The number of carbonyl (C=O) groups is 1. The predicted octanol–water partition coefficient (Wildman–Crippen LogP) is 0.955. The molecule has 0 radical (unpaired) electrons. The summed E-state index contributed by atoms with van der Waals surface area (Å²) in [6.07, 6.45) is 0.397. The summed E-state index contributed by atoms with van der Waals surface area (Å²) in [7, 11) is -3.07. The lowest BCUT2D eigenvalue weighted by molar-refractivity contribution is 0.0960. The quantitative estimate of drug-likeness (QED) is 0.761. The monoisotopic (exact) mass is 329 g/mol. The highest BCUT2D eigenvalue weighted by Crippen LogP contribution is 2.20. The summed E-state index contributed by atoms with van der Waals surface area (Å²) in [4.78, 5) is 13.2. The van der Waals surface area contributed by atoms with E-state index < -0.39 is 9.84 Å². The number of hydrogen-bond donors (Lipinski definition) is 2. The number of nitrogens with one attached hydrogen (secondary N) is 1. The highest BCUT2D eigenvalue weighted by atomic mass is 32.2. The van der Waals surface area contributed by atoms with Crippen LogP contribution in [-0.4, -0.2) is 44.1 Å². The Bertz CT molecular complexity index is 650. The maximum atomic E-state index is 11.9. The van der Waals surface area contributed by atoms with Crippen LogP contribution in [0.25, 0.3) is 0 Å². The van der Waals surface area contributed by atoms with Gasteiger partial charge >= 0.3 is 0 Å². The number of aliphatic hydroxyl groups excluding tert-OH is 1. The molecule has 0 aliphatic carbocycles. The molecular weight excluding hydrogens is 310 g/mol. The first-order chi connectivity index (χ1) is 9.89. The molecule has 0 bridgehead atoms. The average molecular weight is 329 g/mol. The lowest BCUT2D eigenvalue weighted by Gasteiger charge is -2.03. The number of sulfone groups is 1. The summed E-state index contributed by atoms with van der Waals surface area (Å²) >= 11 is 1.26. The molecule has 5 nitrogen and oxygen atoms in total. The highest BCUT2D eigenvalue weighted by Gasteiger charge is 2.13. The van der Waals surface area contributed by atoms with E-state index in [0.717, 1.165) is 10.4 Å². The molecule has 2 N–H and O–H groups in total. The van der Waals surface area contributed by atoms with Gasteiger partial charge in [-0.25, -0.2) is 8.42 Å². The smallest absolute Gasteiger partial charge is 0.261 e.